The van der Waals surface area contributed by atoms with E-state index >= 15 is 0 Å². The van der Waals surface area contributed by atoms with Crippen LogP contribution < -0.4 is 11.1 Å². The van der Waals surface area contributed by atoms with Crippen LogP contribution in [0.25, 0.3) is 0 Å². The molecule has 4 nitrogen and oxygen atoms in total. The molecule has 5 heteroatoms. The minimum Gasteiger partial charge on any atom is -0.397 e. The van der Waals surface area contributed by atoms with Gasteiger partial charge in [0, 0.05) is 5.69 Å². The molecule has 0 fully saturated rings. The number of nitrogens with two attached hydrogens (primary N) is 1. The summed E-state index contributed by atoms with van der Waals surface area (Å²) in [5.74, 6) is 0.0115. The fourth-order valence-electron chi connectivity index (χ4n) is 1.52. The van der Waals surface area contributed by atoms with Gasteiger partial charge in [0.05, 0.1) is 17.4 Å². The third-order valence-electron chi connectivity index (χ3n) is 2.48. The van der Waals surface area contributed by atoms with Crippen LogP contribution in [0, 0.1) is 24.1 Å². The zero-order chi connectivity index (χ0) is 13.1. The Morgan fingerprint density at radius 1 is 1.39 bits per heavy atom. The molecule has 2 rings (SSSR count). The molecular weight excluding hydrogens is 231 g/mol. The summed E-state index contributed by atoms with van der Waals surface area (Å²) < 4.78 is 13.2. The monoisotopic (exact) mass is 242 g/mol. The van der Waals surface area contributed by atoms with Crippen molar-refractivity contribution in [3.63, 3.8) is 0 Å². The van der Waals surface area contributed by atoms with Crippen LogP contribution >= 0.6 is 0 Å². The van der Waals surface area contributed by atoms with Gasteiger partial charge in [-0.3, -0.25) is 0 Å². The first-order valence-electron chi connectivity index (χ1n) is 5.29. The summed E-state index contributed by atoms with van der Waals surface area (Å²) in [6.45, 7) is 1.84. The van der Waals surface area contributed by atoms with Gasteiger partial charge >= 0.3 is 0 Å². The number of halogens is 1. The molecule has 0 atom stereocenters. The van der Waals surface area contributed by atoms with Crippen molar-refractivity contribution in [2.45, 2.75) is 6.92 Å². The smallest absolute Gasteiger partial charge is 0.148 e. The molecule has 0 bridgehead atoms. The van der Waals surface area contributed by atoms with Crippen LogP contribution in [0.4, 0.5) is 21.6 Å². The van der Waals surface area contributed by atoms with Crippen molar-refractivity contribution in [3.8, 4) is 6.07 Å². The molecule has 0 saturated heterocycles. The number of hydrogen-bond acceptors (Lipinski definition) is 4. The number of pyridine rings is 1. The quantitative estimate of drug-likeness (QED) is 0.849. The average molecular weight is 242 g/mol. The van der Waals surface area contributed by atoms with E-state index in [1.807, 2.05) is 13.0 Å². The topological polar surface area (TPSA) is 74.7 Å². The Morgan fingerprint density at radius 3 is 2.89 bits per heavy atom. The lowest BCUT2D eigenvalue weighted by Gasteiger charge is -2.10. The van der Waals surface area contributed by atoms with Crippen LogP contribution in [0.1, 0.15) is 11.1 Å². The average Bonchev–Trinajstić information content (AvgIpc) is 2.36. The van der Waals surface area contributed by atoms with E-state index in [0.717, 1.165) is 5.56 Å². The summed E-state index contributed by atoms with van der Waals surface area (Å²) >= 11 is 0. The first-order chi connectivity index (χ1) is 8.60. The second-order valence-electron chi connectivity index (χ2n) is 3.86. The summed E-state index contributed by atoms with van der Waals surface area (Å²) in [4.78, 5) is 4.03. The number of nitriles is 1. The number of hydrogen-bond donors (Lipinski definition) is 2. The molecule has 0 radical (unpaired) electrons. The maximum atomic E-state index is 13.2. The van der Waals surface area contributed by atoms with Gasteiger partial charge in [0.15, 0.2) is 0 Å². The summed E-state index contributed by atoms with van der Waals surface area (Å²) in [7, 11) is 0. The molecule has 1 aromatic heterocycles. The van der Waals surface area contributed by atoms with Gasteiger partial charge in [-0.05, 0) is 30.7 Å². The number of nitrogens with one attached hydrogen (secondary N) is 1. The predicted molar refractivity (Wildman–Crippen MR) is 67.8 cm³/mol. The van der Waals surface area contributed by atoms with Gasteiger partial charge in [-0.2, -0.15) is 5.26 Å². The predicted octanol–water partition coefficient (Wildman–Crippen LogP) is 2.73. The number of nitrogens with zero attached hydrogens (tertiary/aromatic N) is 2. The molecule has 0 saturated carbocycles. The van der Waals surface area contributed by atoms with Gasteiger partial charge in [-0.15, -0.1) is 0 Å². The minimum atomic E-state index is -0.350. The fourth-order valence-corrected chi connectivity index (χ4v) is 1.52. The van der Waals surface area contributed by atoms with Crippen molar-refractivity contribution >= 4 is 17.2 Å². The van der Waals surface area contributed by atoms with Crippen LogP contribution in [0.15, 0.2) is 30.5 Å². The van der Waals surface area contributed by atoms with Gasteiger partial charge < -0.3 is 11.1 Å². The molecule has 0 aliphatic carbocycles. The zero-order valence-corrected chi connectivity index (χ0v) is 9.74. The van der Waals surface area contributed by atoms with Crippen molar-refractivity contribution in [2.24, 2.45) is 0 Å². The van der Waals surface area contributed by atoms with Gasteiger partial charge in [-0.1, -0.05) is 6.07 Å². The van der Waals surface area contributed by atoms with Crippen LogP contribution in [-0.2, 0) is 0 Å². The number of rotatable bonds is 2. The Hall–Kier alpha value is -2.61. The highest BCUT2D eigenvalue weighted by Crippen LogP contribution is 2.23. The van der Waals surface area contributed by atoms with E-state index in [9.17, 15) is 4.39 Å². The van der Waals surface area contributed by atoms with Crippen molar-refractivity contribution in [1.82, 2.24) is 4.98 Å². The molecule has 0 spiro atoms. The zero-order valence-electron chi connectivity index (χ0n) is 9.74. The van der Waals surface area contributed by atoms with Crippen molar-refractivity contribution < 1.29 is 4.39 Å². The van der Waals surface area contributed by atoms with Gasteiger partial charge in [-0.25, -0.2) is 9.37 Å². The molecular formula is C13H11FN4. The summed E-state index contributed by atoms with van der Waals surface area (Å²) in [6, 6.07) is 7.90. The molecule has 0 unspecified atom stereocenters. The van der Waals surface area contributed by atoms with Gasteiger partial charge in [0.1, 0.15) is 17.7 Å². The first kappa shape index (κ1) is 11.9. The highest BCUT2D eigenvalue weighted by Gasteiger charge is 2.07. The van der Waals surface area contributed by atoms with Crippen molar-refractivity contribution in [1.29, 1.82) is 5.26 Å². The highest BCUT2D eigenvalue weighted by atomic mass is 19.1. The Morgan fingerprint density at radius 2 is 2.17 bits per heavy atom. The summed E-state index contributed by atoms with van der Waals surface area (Å²) in [5, 5.41) is 11.9. The molecule has 2 aromatic rings. The number of benzene rings is 1. The Kier molecular flexibility index (Phi) is 3.11. The number of nitrogen functional groups attached to an aromatic ring is 1. The van der Waals surface area contributed by atoms with E-state index in [-0.39, 0.29) is 5.82 Å². The third-order valence-corrected chi connectivity index (χ3v) is 2.48. The Labute approximate surface area is 104 Å². The lowest BCUT2D eigenvalue weighted by Crippen LogP contribution is -2.00. The lowest BCUT2D eigenvalue weighted by atomic mass is 10.2. The maximum absolute atomic E-state index is 13.2. The Balaban J connectivity index is 2.40. The van der Waals surface area contributed by atoms with Crippen molar-refractivity contribution in [3.05, 3.63) is 47.4 Å². The standard InChI is InChI=1S/C13H11FN4/c1-8-2-3-10(14)5-12(8)18-13-9(6-15)4-11(16)7-17-13/h2-5,7H,16H2,1H3,(H,17,18). The molecule has 18 heavy (non-hydrogen) atoms. The highest BCUT2D eigenvalue weighted by molar-refractivity contribution is 5.67. The van der Waals surface area contributed by atoms with Crippen LogP contribution in [0.3, 0.4) is 0 Å². The summed E-state index contributed by atoms with van der Waals surface area (Å²) in [6.07, 6.45) is 1.44. The molecule has 0 amide bonds. The third kappa shape index (κ3) is 2.38. The fraction of sp³-hybridized carbons (Fsp3) is 0.0769. The minimum absolute atomic E-state index is 0.318. The van der Waals surface area contributed by atoms with Crippen LogP contribution in [0.5, 0.6) is 0 Å². The molecule has 0 aliphatic heterocycles. The Bertz CT molecular complexity index is 631. The number of aromatic nitrogens is 1. The largest absolute Gasteiger partial charge is 0.397 e. The molecule has 3 N–H and O–H groups in total. The lowest BCUT2D eigenvalue weighted by molar-refractivity contribution is 0.628. The van der Waals surface area contributed by atoms with E-state index in [2.05, 4.69) is 10.3 Å². The molecule has 90 valence electrons. The molecule has 1 heterocycles. The van der Waals surface area contributed by atoms with E-state index < -0.39 is 0 Å². The second-order valence-corrected chi connectivity index (χ2v) is 3.86. The van der Waals surface area contributed by atoms with Crippen LogP contribution in [0.2, 0.25) is 0 Å². The van der Waals surface area contributed by atoms with E-state index in [1.54, 1.807) is 6.07 Å². The van der Waals surface area contributed by atoms with E-state index in [1.165, 1.54) is 24.4 Å². The normalized spacial score (nSPS) is 9.83. The summed E-state index contributed by atoms with van der Waals surface area (Å²) in [5.41, 5.74) is 7.71. The van der Waals surface area contributed by atoms with Gasteiger partial charge in [0.25, 0.3) is 0 Å². The number of aryl methyl sites for hydroxylation is 1. The molecule has 0 aliphatic rings. The number of anilines is 3. The first-order valence-corrected chi connectivity index (χ1v) is 5.29. The molecule has 1 aromatic carbocycles. The van der Waals surface area contributed by atoms with E-state index in [0.29, 0.717) is 22.8 Å². The van der Waals surface area contributed by atoms with Crippen molar-refractivity contribution in [2.75, 3.05) is 11.1 Å². The van der Waals surface area contributed by atoms with E-state index in [4.69, 9.17) is 11.0 Å². The second kappa shape index (κ2) is 4.72. The SMILES string of the molecule is Cc1ccc(F)cc1Nc1ncc(N)cc1C#N. The van der Waals surface area contributed by atoms with Gasteiger partial charge in [0.2, 0.25) is 0 Å². The maximum Gasteiger partial charge on any atom is 0.148 e. The van der Waals surface area contributed by atoms with Crippen LogP contribution in [-0.4, -0.2) is 4.98 Å².